The summed E-state index contributed by atoms with van der Waals surface area (Å²) in [4.78, 5) is 4.60. The molecule has 6 rings (SSSR count). The second-order valence-corrected chi connectivity index (χ2v) is 6.43. The molecular weight excluding hydrogens is 308 g/mol. The number of aromatic nitrogens is 4. The van der Waals surface area contributed by atoms with E-state index in [0.717, 1.165) is 12.2 Å². The molecule has 5 aromatic rings. The van der Waals surface area contributed by atoms with Gasteiger partial charge < -0.3 is 0 Å². The first-order chi connectivity index (χ1) is 12.4. The lowest BCUT2D eigenvalue weighted by atomic mass is 10.2. The molecule has 25 heavy (non-hydrogen) atoms. The van der Waals surface area contributed by atoms with Gasteiger partial charge >= 0.3 is 0 Å². The molecule has 4 aromatic heterocycles. The predicted octanol–water partition coefficient (Wildman–Crippen LogP) is 3.59. The number of nitrogens with zero attached hydrogens (tertiary/aromatic N) is 4. The zero-order valence-corrected chi connectivity index (χ0v) is 13.5. The van der Waals surface area contributed by atoms with E-state index in [2.05, 4.69) is 85.4 Å². The fourth-order valence-electron chi connectivity index (χ4n) is 4.02. The lowest BCUT2D eigenvalue weighted by Gasteiger charge is -2.02. The molecule has 0 amide bonds. The van der Waals surface area contributed by atoms with E-state index in [-0.39, 0.29) is 0 Å². The molecule has 0 saturated carbocycles. The zero-order chi connectivity index (χ0) is 16.4. The molecule has 4 heteroatoms. The van der Waals surface area contributed by atoms with Crippen molar-refractivity contribution in [2.24, 2.45) is 0 Å². The third kappa shape index (κ3) is 1.61. The van der Waals surface area contributed by atoms with Gasteiger partial charge in [0.05, 0.1) is 16.8 Å². The van der Waals surface area contributed by atoms with E-state index in [0.29, 0.717) is 0 Å². The standard InChI is InChI=1S/C21H15N4/c1-2-7-15(8-3-1)25-20-17-10-6-11-22-18(17)14-24(20)19-13-16-9-4-5-12-23(16)21(19)25/h1-13H,14H2/q+1. The Kier molecular flexibility index (Phi) is 2.37. The van der Waals surface area contributed by atoms with Crippen LogP contribution in [0.15, 0.2) is 79.1 Å². The van der Waals surface area contributed by atoms with Gasteiger partial charge in [0.15, 0.2) is 5.52 Å². The maximum atomic E-state index is 4.60. The Hall–Kier alpha value is -3.40. The molecule has 0 N–H and O–H groups in total. The van der Waals surface area contributed by atoms with Gasteiger partial charge in [-0.05, 0) is 36.4 Å². The Labute approximate surface area is 144 Å². The highest BCUT2D eigenvalue weighted by Crippen LogP contribution is 2.34. The number of hydrogen-bond acceptors (Lipinski definition) is 1. The van der Waals surface area contributed by atoms with Gasteiger partial charge in [-0.1, -0.05) is 24.3 Å². The first-order valence-electron chi connectivity index (χ1n) is 8.46. The molecule has 5 heterocycles. The van der Waals surface area contributed by atoms with Crippen LogP contribution in [0, 0.1) is 0 Å². The van der Waals surface area contributed by atoms with Crippen LogP contribution in [0.2, 0.25) is 0 Å². The fourth-order valence-corrected chi connectivity index (χ4v) is 4.02. The number of fused-ring (bicyclic) bond motifs is 7. The molecule has 1 aliphatic heterocycles. The summed E-state index contributed by atoms with van der Waals surface area (Å²) in [5, 5.41) is 0. The summed E-state index contributed by atoms with van der Waals surface area (Å²) in [5.74, 6) is 1.21. The first-order valence-corrected chi connectivity index (χ1v) is 8.46. The van der Waals surface area contributed by atoms with E-state index in [1.54, 1.807) is 0 Å². The van der Waals surface area contributed by atoms with E-state index in [4.69, 9.17) is 0 Å². The van der Waals surface area contributed by atoms with Crippen molar-refractivity contribution in [3.05, 3.63) is 84.8 Å². The van der Waals surface area contributed by atoms with Crippen molar-refractivity contribution in [1.82, 2.24) is 14.0 Å². The number of pyridine rings is 2. The Morgan fingerprint density at radius 1 is 0.920 bits per heavy atom. The summed E-state index contributed by atoms with van der Waals surface area (Å²) in [6.07, 6.45) is 4.02. The van der Waals surface area contributed by atoms with E-state index in [1.807, 2.05) is 12.3 Å². The summed E-state index contributed by atoms with van der Waals surface area (Å²) in [6.45, 7) is 0.818. The predicted molar refractivity (Wildman–Crippen MR) is 96.8 cm³/mol. The summed E-state index contributed by atoms with van der Waals surface area (Å²) in [5.41, 5.74) is 7.17. The van der Waals surface area contributed by atoms with E-state index >= 15 is 0 Å². The third-order valence-corrected chi connectivity index (χ3v) is 5.06. The minimum absolute atomic E-state index is 0.818. The molecule has 0 fully saturated rings. The van der Waals surface area contributed by atoms with Crippen molar-refractivity contribution in [1.29, 1.82) is 0 Å². The first kappa shape index (κ1) is 13.0. The molecule has 0 bridgehead atoms. The average Bonchev–Trinajstić information content (AvgIpc) is 3.30. The smallest absolute Gasteiger partial charge is 0.280 e. The zero-order valence-electron chi connectivity index (χ0n) is 13.5. The molecule has 0 radical (unpaired) electrons. The topological polar surface area (TPSA) is 26.1 Å². The van der Waals surface area contributed by atoms with Gasteiger partial charge in [-0.2, -0.15) is 4.57 Å². The molecule has 0 aliphatic carbocycles. The average molecular weight is 323 g/mol. The molecule has 1 aliphatic rings. The molecule has 4 nitrogen and oxygen atoms in total. The van der Waals surface area contributed by atoms with Crippen molar-refractivity contribution in [2.45, 2.75) is 6.54 Å². The third-order valence-electron chi connectivity index (χ3n) is 5.06. The minimum Gasteiger partial charge on any atom is -0.280 e. The van der Waals surface area contributed by atoms with Crippen LogP contribution in [0.4, 0.5) is 0 Å². The highest BCUT2D eigenvalue weighted by molar-refractivity contribution is 5.84. The van der Waals surface area contributed by atoms with Crippen LogP contribution >= 0.6 is 0 Å². The van der Waals surface area contributed by atoms with Gasteiger partial charge in [-0.3, -0.25) is 9.38 Å². The van der Waals surface area contributed by atoms with Crippen molar-refractivity contribution in [3.8, 4) is 17.1 Å². The van der Waals surface area contributed by atoms with Crippen LogP contribution in [0.1, 0.15) is 5.69 Å². The quantitative estimate of drug-likeness (QED) is 0.425. The van der Waals surface area contributed by atoms with Crippen LogP contribution in [-0.4, -0.2) is 14.0 Å². The molecule has 1 aromatic carbocycles. The van der Waals surface area contributed by atoms with Crippen LogP contribution in [0.3, 0.4) is 0 Å². The van der Waals surface area contributed by atoms with Gasteiger partial charge in [0.2, 0.25) is 0 Å². The number of imidazole rings is 1. The summed E-state index contributed by atoms with van der Waals surface area (Å²) in [6, 6.07) is 23.4. The molecule has 0 saturated heterocycles. The van der Waals surface area contributed by atoms with Crippen molar-refractivity contribution >= 4 is 16.7 Å². The lowest BCUT2D eigenvalue weighted by molar-refractivity contribution is -0.646. The largest absolute Gasteiger partial charge is 0.298 e. The van der Waals surface area contributed by atoms with Crippen LogP contribution in [-0.2, 0) is 6.54 Å². The van der Waals surface area contributed by atoms with Gasteiger partial charge in [-0.15, -0.1) is 0 Å². The van der Waals surface area contributed by atoms with Crippen molar-refractivity contribution < 1.29 is 4.57 Å². The van der Waals surface area contributed by atoms with Crippen molar-refractivity contribution in [2.75, 3.05) is 0 Å². The van der Waals surface area contributed by atoms with Crippen LogP contribution in [0.5, 0.6) is 0 Å². The molecule has 0 atom stereocenters. The molecular formula is C21H15N4+. The number of benzene rings is 1. The molecule has 118 valence electrons. The maximum absolute atomic E-state index is 4.60. The van der Waals surface area contributed by atoms with Gasteiger partial charge in [0.25, 0.3) is 11.5 Å². The van der Waals surface area contributed by atoms with E-state index in [9.17, 15) is 0 Å². The van der Waals surface area contributed by atoms with Gasteiger partial charge in [0, 0.05) is 18.5 Å². The molecule has 0 spiro atoms. The van der Waals surface area contributed by atoms with Gasteiger partial charge in [0.1, 0.15) is 12.2 Å². The van der Waals surface area contributed by atoms with Crippen LogP contribution in [0.25, 0.3) is 33.8 Å². The lowest BCUT2D eigenvalue weighted by Crippen LogP contribution is -2.31. The van der Waals surface area contributed by atoms with Gasteiger partial charge in [-0.25, -0.2) is 4.57 Å². The SMILES string of the molecule is c1ccc(-n2c3[n+](c4cc5ccccn5c42)Cc2ncccc2-3)cc1. The Morgan fingerprint density at radius 3 is 2.72 bits per heavy atom. The summed E-state index contributed by atoms with van der Waals surface area (Å²) < 4.78 is 7.01. The monoisotopic (exact) mass is 323 g/mol. The van der Waals surface area contributed by atoms with Crippen LogP contribution < -0.4 is 4.57 Å². The second kappa shape index (κ2) is 4.57. The number of para-hydroxylation sites is 1. The summed E-state index contributed by atoms with van der Waals surface area (Å²) >= 11 is 0. The molecule has 0 unspecified atom stereocenters. The summed E-state index contributed by atoms with van der Waals surface area (Å²) in [7, 11) is 0. The minimum atomic E-state index is 0.818. The highest BCUT2D eigenvalue weighted by atomic mass is 15.2. The van der Waals surface area contributed by atoms with Crippen molar-refractivity contribution in [3.63, 3.8) is 0 Å². The maximum Gasteiger partial charge on any atom is 0.298 e. The van der Waals surface area contributed by atoms with E-state index in [1.165, 1.54) is 33.8 Å². The highest BCUT2D eigenvalue weighted by Gasteiger charge is 2.37. The Balaban J connectivity index is 1.84. The Bertz CT molecular complexity index is 1260. The second-order valence-electron chi connectivity index (χ2n) is 6.43. The Morgan fingerprint density at radius 2 is 1.80 bits per heavy atom. The fraction of sp³-hybridized carbons (Fsp3) is 0.0476. The number of rotatable bonds is 1. The van der Waals surface area contributed by atoms with E-state index < -0.39 is 0 Å². The number of hydrogen-bond donors (Lipinski definition) is 0. The normalized spacial score (nSPS) is 12.6.